The van der Waals surface area contributed by atoms with E-state index < -0.39 is 40.0 Å². The monoisotopic (exact) mass is 637 g/mol. The maximum absolute atomic E-state index is 14.2. The van der Waals surface area contributed by atoms with Crippen molar-refractivity contribution >= 4 is 62.3 Å². The van der Waals surface area contributed by atoms with Crippen LogP contribution < -0.4 is 9.62 Å². The molecular weight excluding hydrogens is 605 g/mol. The molecule has 1 N–H and O–H groups in total. The fourth-order valence-corrected chi connectivity index (χ4v) is 5.91. The van der Waals surface area contributed by atoms with E-state index in [9.17, 15) is 18.0 Å². The predicted molar refractivity (Wildman–Crippen MR) is 167 cm³/mol. The Morgan fingerprint density at radius 3 is 2.00 bits per heavy atom. The lowest BCUT2D eigenvalue weighted by atomic mass is 10.0. The van der Waals surface area contributed by atoms with Crippen LogP contribution in [-0.4, -0.2) is 49.5 Å². The van der Waals surface area contributed by atoms with E-state index in [4.69, 9.17) is 34.8 Å². The fraction of sp³-hybridized carbons (Fsp3) is 0.333. The molecule has 2 amide bonds. The van der Waals surface area contributed by atoms with Crippen LogP contribution in [0.1, 0.15) is 37.5 Å². The average molecular weight is 639 g/mol. The van der Waals surface area contributed by atoms with E-state index >= 15 is 0 Å². The quantitative estimate of drug-likeness (QED) is 0.283. The maximum Gasteiger partial charge on any atom is 0.244 e. The van der Waals surface area contributed by atoms with Gasteiger partial charge in [0.25, 0.3) is 0 Å². The molecule has 1 atom stereocenters. The van der Waals surface area contributed by atoms with Crippen molar-refractivity contribution in [3.63, 3.8) is 0 Å². The van der Waals surface area contributed by atoms with Gasteiger partial charge in [-0.2, -0.15) is 0 Å². The molecule has 0 aliphatic carbocycles. The summed E-state index contributed by atoms with van der Waals surface area (Å²) in [5.41, 5.74) is 1.42. The second-order valence-corrected chi connectivity index (χ2v) is 13.9. The van der Waals surface area contributed by atoms with Crippen LogP contribution in [0.25, 0.3) is 0 Å². The number of hydrogen-bond acceptors (Lipinski definition) is 4. The summed E-state index contributed by atoms with van der Waals surface area (Å²) >= 11 is 19.3. The third-order valence-corrected chi connectivity index (χ3v) is 8.59. The number of hydrogen-bond donors (Lipinski definition) is 1. The second-order valence-electron chi connectivity index (χ2n) is 10.8. The van der Waals surface area contributed by atoms with Crippen LogP contribution in [0.4, 0.5) is 5.69 Å². The highest BCUT2D eigenvalue weighted by molar-refractivity contribution is 7.92. The first-order valence-corrected chi connectivity index (χ1v) is 15.9. The molecule has 7 nitrogen and oxygen atoms in total. The first-order chi connectivity index (χ1) is 19.1. The van der Waals surface area contributed by atoms with Crippen LogP contribution in [0.15, 0.2) is 66.7 Å². The molecule has 3 aromatic carbocycles. The van der Waals surface area contributed by atoms with Gasteiger partial charge in [0.15, 0.2) is 0 Å². The van der Waals surface area contributed by atoms with E-state index in [1.807, 2.05) is 51.1 Å². The van der Waals surface area contributed by atoms with Crippen molar-refractivity contribution < 1.29 is 18.0 Å². The number of carbonyl (C=O) groups excluding carboxylic acids is 2. The summed E-state index contributed by atoms with van der Waals surface area (Å²) < 4.78 is 27.0. The van der Waals surface area contributed by atoms with Gasteiger partial charge in [0.2, 0.25) is 21.8 Å². The van der Waals surface area contributed by atoms with Crippen LogP contribution in [0, 0.1) is 6.92 Å². The summed E-state index contributed by atoms with van der Waals surface area (Å²) in [5.74, 6) is -1.02. The Kier molecular flexibility index (Phi) is 10.7. The van der Waals surface area contributed by atoms with E-state index in [0.717, 1.165) is 16.1 Å². The van der Waals surface area contributed by atoms with Crippen LogP contribution in [0.3, 0.4) is 0 Å². The van der Waals surface area contributed by atoms with E-state index in [1.165, 1.54) is 4.90 Å². The summed E-state index contributed by atoms with van der Waals surface area (Å²) in [5, 5.41) is 3.96. The normalized spacial score (nSPS) is 12.5. The number of anilines is 1. The Labute approximate surface area is 257 Å². The van der Waals surface area contributed by atoms with E-state index in [-0.39, 0.29) is 18.7 Å². The zero-order chi connectivity index (χ0) is 30.5. The highest BCUT2D eigenvalue weighted by atomic mass is 35.5. The third-order valence-electron chi connectivity index (χ3n) is 6.35. The molecule has 0 radical (unpaired) electrons. The number of benzene rings is 3. The summed E-state index contributed by atoms with van der Waals surface area (Å²) in [6.45, 7) is 6.50. The standard InChI is InChI=1S/C30H34Cl3N3O4S/c1-20-23(31)13-10-16-26(20)36(41(5,39)40)19-28(37)35(18-22-24(32)14-9-15-25(22)33)27(29(38)34-30(2,3)4)17-21-11-7-6-8-12-21/h6-16,27H,17-19H2,1-5H3,(H,34,38). The molecule has 0 fully saturated rings. The summed E-state index contributed by atoms with van der Waals surface area (Å²) in [4.78, 5) is 29.4. The molecule has 1 unspecified atom stereocenters. The molecule has 0 saturated heterocycles. The minimum absolute atomic E-state index is 0.126. The van der Waals surface area contributed by atoms with Gasteiger partial charge in [-0.25, -0.2) is 8.42 Å². The van der Waals surface area contributed by atoms with E-state index in [0.29, 0.717) is 26.2 Å². The minimum atomic E-state index is -3.93. The average Bonchev–Trinajstić information content (AvgIpc) is 2.87. The molecule has 220 valence electrons. The molecule has 0 aliphatic heterocycles. The largest absolute Gasteiger partial charge is 0.350 e. The van der Waals surface area contributed by atoms with Gasteiger partial charge in [0, 0.05) is 39.1 Å². The highest BCUT2D eigenvalue weighted by Crippen LogP contribution is 2.30. The molecule has 0 bridgehead atoms. The lowest BCUT2D eigenvalue weighted by Crippen LogP contribution is -2.56. The number of sulfonamides is 1. The molecule has 0 spiro atoms. The van der Waals surface area contributed by atoms with Crippen LogP contribution in [0.5, 0.6) is 0 Å². The zero-order valence-electron chi connectivity index (χ0n) is 23.6. The molecule has 3 rings (SSSR count). The number of carbonyl (C=O) groups is 2. The first kappa shape index (κ1) is 32.7. The second kappa shape index (κ2) is 13.5. The summed E-state index contributed by atoms with van der Waals surface area (Å²) in [6, 6.07) is 18.1. The van der Waals surface area contributed by atoms with Crippen LogP contribution in [-0.2, 0) is 32.6 Å². The van der Waals surface area contributed by atoms with Gasteiger partial charge in [-0.15, -0.1) is 0 Å². The Morgan fingerprint density at radius 1 is 0.878 bits per heavy atom. The van der Waals surface area contributed by atoms with Crippen molar-refractivity contribution in [3.05, 3.63) is 98.5 Å². The number of nitrogens with one attached hydrogen (secondary N) is 1. The zero-order valence-corrected chi connectivity index (χ0v) is 26.7. The van der Waals surface area contributed by atoms with E-state index in [1.54, 1.807) is 43.3 Å². The topological polar surface area (TPSA) is 86.8 Å². The predicted octanol–water partition coefficient (Wildman–Crippen LogP) is 6.28. The first-order valence-electron chi connectivity index (χ1n) is 12.9. The number of nitrogens with zero attached hydrogens (tertiary/aromatic N) is 2. The lowest BCUT2D eigenvalue weighted by Gasteiger charge is -2.35. The molecule has 41 heavy (non-hydrogen) atoms. The fourth-order valence-electron chi connectivity index (χ4n) is 4.32. The molecule has 0 saturated carbocycles. The van der Waals surface area contributed by atoms with Gasteiger partial charge in [-0.05, 0) is 63.1 Å². The molecule has 11 heteroatoms. The van der Waals surface area contributed by atoms with Crippen molar-refractivity contribution in [2.45, 2.75) is 52.2 Å². The Bertz CT molecular complexity index is 1490. The Balaban J connectivity index is 2.15. The maximum atomic E-state index is 14.2. The Hall–Kier alpha value is -2.78. The summed E-state index contributed by atoms with van der Waals surface area (Å²) in [6.07, 6.45) is 1.19. The Morgan fingerprint density at radius 2 is 1.44 bits per heavy atom. The van der Waals surface area contributed by atoms with Crippen molar-refractivity contribution in [2.75, 3.05) is 17.1 Å². The highest BCUT2D eigenvalue weighted by Gasteiger charge is 2.35. The number of halogens is 3. The van der Waals surface area contributed by atoms with Gasteiger partial charge in [0.05, 0.1) is 11.9 Å². The van der Waals surface area contributed by atoms with Crippen molar-refractivity contribution in [2.24, 2.45) is 0 Å². The van der Waals surface area contributed by atoms with Gasteiger partial charge >= 0.3 is 0 Å². The molecule has 3 aromatic rings. The number of rotatable bonds is 10. The van der Waals surface area contributed by atoms with Crippen LogP contribution >= 0.6 is 34.8 Å². The number of amides is 2. The van der Waals surface area contributed by atoms with Crippen LogP contribution in [0.2, 0.25) is 15.1 Å². The van der Waals surface area contributed by atoms with Crippen molar-refractivity contribution in [1.29, 1.82) is 0 Å². The molecule has 0 aliphatic rings. The smallest absolute Gasteiger partial charge is 0.244 e. The molecule has 0 heterocycles. The molecule has 0 aromatic heterocycles. The van der Waals surface area contributed by atoms with Gasteiger partial charge in [0.1, 0.15) is 12.6 Å². The van der Waals surface area contributed by atoms with Crippen molar-refractivity contribution in [1.82, 2.24) is 10.2 Å². The SMILES string of the molecule is Cc1c(Cl)cccc1N(CC(=O)N(Cc1c(Cl)cccc1Cl)C(Cc1ccccc1)C(=O)NC(C)(C)C)S(C)(=O)=O. The van der Waals surface area contributed by atoms with Gasteiger partial charge in [-0.1, -0.05) is 77.3 Å². The summed E-state index contributed by atoms with van der Waals surface area (Å²) in [7, 11) is -3.93. The van der Waals surface area contributed by atoms with Crippen molar-refractivity contribution in [3.8, 4) is 0 Å². The third kappa shape index (κ3) is 8.85. The van der Waals surface area contributed by atoms with E-state index in [2.05, 4.69) is 5.32 Å². The molecular formula is C30H34Cl3N3O4S. The van der Waals surface area contributed by atoms with Gasteiger partial charge in [-0.3, -0.25) is 13.9 Å². The van der Waals surface area contributed by atoms with Gasteiger partial charge < -0.3 is 10.2 Å². The lowest BCUT2D eigenvalue weighted by molar-refractivity contribution is -0.140. The minimum Gasteiger partial charge on any atom is -0.350 e.